The lowest BCUT2D eigenvalue weighted by Gasteiger charge is -2.31. The first kappa shape index (κ1) is 22.4. The van der Waals surface area contributed by atoms with E-state index in [-0.39, 0.29) is 16.7 Å². The minimum atomic E-state index is -3.58. The maximum absolute atomic E-state index is 13.1. The van der Waals surface area contributed by atoms with Crippen molar-refractivity contribution < 1.29 is 13.2 Å². The number of sulfonamides is 1. The van der Waals surface area contributed by atoms with Crippen LogP contribution in [-0.2, 0) is 10.0 Å². The quantitative estimate of drug-likeness (QED) is 0.556. The predicted octanol–water partition coefficient (Wildman–Crippen LogP) is 4.10. The van der Waals surface area contributed by atoms with Crippen LogP contribution >= 0.6 is 11.6 Å². The van der Waals surface area contributed by atoms with Crippen LogP contribution in [0.1, 0.15) is 53.1 Å². The SMILES string of the molecule is Cc1ccc(S(=O)(=O)N2CCC(c3ccn4ncc(C(=O)N5CCCC5)c4c3)CC2)cc1Cl. The van der Waals surface area contributed by atoms with Gasteiger partial charge in [0.2, 0.25) is 10.0 Å². The number of fused-ring (bicyclic) bond motifs is 1. The number of rotatable bonds is 4. The summed E-state index contributed by atoms with van der Waals surface area (Å²) in [4.78, 5) is 15.1. The average molecular weight is 487 g/mol. The molecule has 2 saturated heterocycles. The van der Waals surface area contributed by atoms with Gasteiger partial charge in [-0.2, -0.15) is 9.40 Å². The Morgan fingerprint density at radius 3 is 2.48 bits per heavy atom. The van der Waals surface area contributed by atoms with Gasteiger partial charge in [-0.05, 0) is 73.9 Å². The molecule has 0 unspecified atom stereocenters. The monoisotopic (exact) mass is 486 g/mol. The van der Waals surface area contributed by atoms with Gasteiger partial charge in [0.05, 0.1) is 22.2 Å². The molecule has 9 heteroatoms. The average Bonchev–Trinajstić information content (AvgIpc) is 3.50. The van der Waals surface area contributed by atoms with E-state index in [4.69, 9.17) is 11.6 Å². The van der Waals surface area contributed by atoms with Crippen molar-refractivity contribution in [1.82, 2.24) is 18.8 Å². The number of aryl methyl sites for hydroxylation is 1. The number of hydrogen-bond acceptors (Lipinski definition) is 4. The molecule has 33 heavy (non-hydrogen) atoms. The third-order valence-corrected chi connectivity index (χ3v) is 9.18. The van der Waals surface area contributed by atoms with Crippen LogP contribution in [-0.4, -0.2) is 59.3 Å². The Balaban J connectivity index is 1.33. The predicted molar refractivity (Wildman–Crippen MR) is 127 cm³/mol. The molecule has 0 aliphatic carbocycles. The van der Waals surface area contributed by atoms with Crippen molar-refractivity contribution in [3.05, 3.63) is 64.4 Å². The molecule has 174 valence electrons. The van der Waals surface area contributed by atoms with Crippen molar-refractivity contribution in [3.8, 4) is 0 Å². The van der Waals surface area contributed by atoms with Gasteiger partial charge in [0, 0.05) is 37.4 Å². The highest BCUT2D eigenvalue weighted by molar-refractivity contribution is 7.89. The van der Waals surface area contributed by atoms with E-state index in [0.29, 0.717) is 23.7 Å². The zero-order valence-electron chi connectivity index (χ0n) is 18.6. The summed E-state index contributed by atoms with van der Waals surface area (Å²) in [5.41, 5.74) is 3.42. The van der Waals surface area contributed by atoms with Crippen LogP contribution in [0.3, 0.4) is 0 Å². The standard InChI is InChI=1S/C24H27ClN4O3S/c1-17-4-5-20(15-22(17)25)33(31,32)28-11-6-18(7-12-28)19-8-13-29-23(14-19)21(16-26-29)24(30)27-9-2-3-10-27/h4-5,8,13-16,18H,2-3,6-7,9-12H2,1H3. The molecule has 4 heterocycles. The summed E-state index contributed by atoms with van der Waals surface area (Å²) in [6, 6.07) is 8.97. The lowest BCUT2D eigenvalue weighted by atomic mass is 9.90. The Kier molecular flexibility index (Phi) is 5.93. The fraction of sp³-hybridized carbons (Fsp3) is 0.417. The number of likely N-dealkylation sites (tertiary alicyclic amines) is 1. The fourth-order valence-corrected chi connectivity index (χ4v) is 6.56. The Morgan fingerprint density at radius 2 is 1.79 bits per heavy atom. The van der Waals surface area contributed by atoms with Crippen LogP contribution in [0.25, 0.3) is 5.52 Å². The van der Waals surface area contributed by atoms with E-state index in [0.717, 1.165) is 55.4 Å². The van der Waals surface area contributed by atoms with Crippen LogP contribution in [0.5, 0.6) is 0 Å². The van der Waals surface area contributed by atoms with Gasteiger partial charge in [-0.15, -0.1) is 0 Å². The first-order chi connectivity index (χ1) is 15.8. The fourth-order valence-electron chi connectivity index (χ4n) is 4.82. The van der Waals surface area contributed by atoms with Crippen molar-refractivity contribution in [2.24, 2.45) is 0 Å². The number of benzene rings is 1. The Labute approximate surface area is 199 Å². The smallest absolute Gasteiger partial charge is 0.257 e. The van der Waals surface area contributed by atoms with Crippen molar-refractivity contribution >= 4 is 33.0 Å². The molecular formula is C24H27ClN4O3S. The summed E-state index contributed by atoms with van der Waals surface area (Å²) in [7, 11) is -3.58. The normalized spacial score (nSPS) is 18.3. The molecule has 0 bridgehead atoms. The zero-order chi connectivity index (χ0) is 23.2. The van der Waals surface area contributed by atoms with Crippen LogP contribution in [0, 0.1) is 6.92 Å². The Bertz CT molecular complexity index is 1310. The summed E-state index contributed by atoms with van der Waals surface area (Å²) in [5, 5.41) is 4.82. The third-order valence-electron chi connectivity index (χ3n) is 6.88. The van der Waals surface area contributed by atoms with Gasteiger partial charge in [-0.1, -0.05) is 17.7 Å². The number of piperidine rings is 1. The number of nitrogens with zero attached hydrogens (tertiary/aromatic N) is 4. The number of aromatic nitrogens is 2. The lowest BCUT2D eigenvalue weighted by Crippen LogP contribution is -2.37. The largest absolute Gasteiger partial charge is 0.339 e. The molecule has 0 spiro atoms. The number of pyridine rings is 1. The number of hydrogen-bond donors (Lipinski definition) is 0. The number of carbonyl (C=O) groups is 1. The van der Waals surface area contributed by atoms with Crippen LogP contribution < -0.4 is 0 Å². The molecular weight excluding hydrogens is 460 g/mol. The lowest BCUT2D eigenvalue weighted by molar-refractivity contribution is 0.0794. The van der Waals surface area contributed by atoms with E-state index in [1.807, 2.05) is 30.2 Å². The van der Waals surface area contributed by atoms with Crippen LogP contribution in [0.2, 0.25) is 5.02 Å². The van der Waals surface area contributed by atoms with E-state index < -0.39 is 10.0 Å². The van der Waals surface area contributed by atoms with Gasteiger partial charge in [-0.3, -0.25) is 4.79 Å². The molecule has 0 radical (unpaired) electrons. The van der Waals surface area contributed by atoms with Gasteiger partial charge in [-0.25, -0.2) is 12.9 Å². The number of carbonyl (C=O) groups excluding carboxylic acids is 1. The second-order valence-corrected chi connectivity index (χ2v) is 11.3. The van der Waals surface area contributed by atoms with Gasteiger partial charge < -0.3 is 4.90 Å². The van der Waals surface area contributed by atoms with Gasteiger partial charge in [0.15, 0.2) is 0 Å². The summed E-state index contributed by atoms with van der Waals surface area (Å²) in [6.07, 6.45) is 7.08. The van der Waals surface area contributed by atoms with Crippen molar-refractivity contribution in [2.75, 3.05) is 26.2 Å². The molecule has 0 saturated carbocycles. The van der Waals surface area contributed by atoms with Gasteiger partial charge in [0.25, 0.3) is 5.91 Å². The first-order valence-corrected chi connectivity index (χ1v) is 13.2. The maximum atomic E-state index is 13.1. The summed E-state index contributed by atoms with van der Waals surface area (Å²) in [6.45, 7) is 4.35. The number of halogens is 1. The van der Waals surface area contributed by atoms with Crippen LogP contribution in [0.15, 0.2) is 47.6 Å². The van der Waals surface area contributed by atoms with Crippen molar-refractivity contribution in [2.45, 2.75) is 43.4 Å². The summed E-state index contributed by atoms with van der Waals surface area (Å²) < 4.78 is 29.5. The number of amides is 1. The van der Waals surface area contributed by atoms with Crippen LogP contribution in [0.4, 0.5) is 0 Å². The molecule has 5 rings (SSSR count). The highest BCUT2D eigenvalue weighted by Gasteiger charge is 2.31. The van der Waals surface area contributed by atoms with E-state index in [1.165, 1.54) is 6.07 Å². The molecule has 2 aliphatic rings. The molecule has 3 aromatic rings. The van der Waals surface area contributed by atoms with Crippen molar-refractivity contribution in [1.29, 1.82) is 0 Å². The Hall–Kier alpha value is -2.42. The second-order valence-electron chi connectivity index (χ2n) is 8.94. The van der Waals surface area contributed by atoms with E-state index in [1.54, 1.807) is 27.2 Å². The van der Waals surface area contributed by atoms with E-state index in [2.05, 4.69) is 5.10 Å². The molecule has 2 fully saturated rings. The molecule has 2 aromatic heterocycles. The Morgan fingerprint density at radius 1 is 1.06 bits per heavy atom. The second kappa shape index (κ2) is 8.74. The van der Waals surface area contributed by atoms with Gasteiger partial charge in [0.1, 0.15) is 0 Å². The van der Waals surface area contributed by atoms with E-state index >= 15 is 0 Å². The minimum Gasteiger partial charge on any atom is -0.339 e. The molecule has 2 aliphatic heterocycles. The molecule has 0 atom stereocenters. The zero-order valence-corrected chi connectivity index (χ0v) is 20.1. The topological polar surface area (TPSA) is 75.0 Å². The van der Waals surface area contributed by atoms with E-state index in [9.17, 15) is 13.2 Å². The third kappa shape index (κ3) is 4.16. The summed E-state index contributed by atoms with van der Waals surface area (Å²) in [5.74, 6) is 0.269. The minimum absolute atomic E-state index is 0.0392. The molecule has 7 nitrogen and oxygen atoms in total. The highest BCUT2D eigenvalue weighted by Crippen LogP contribution is 2.32. The van der Waals surface area contributed by atoms with Gasteiger partial charge >= 0.3 is 0 Å². The molecule has 0 N–H and O–H groups in total. The highest BCUT2D eigenvalue weighted by atomic mass is 35.5. The first-order valence-electron chi connectivity index (χ1n) is 11.4. The van der Waals surface area contributed by atoms with Crippen molar-refractivity contribution in [3.63, 3.8) is 0 Å². The molecule has 1 aromatic carbocycles. The maximum Gasteiger partial charge on any atom is 0.257 e. The molecule has 1 amide bonds. The summed E-state index contributed by atoms with van der Waals surface area (Å²) >= 11 is 6.16.